The third-order valence-corrected chi connectivity index (χ3v) is 2.94. The lowest BCUT2D eigenvalue weighted by molar-refractivity contribution is -0.127. The van der Waals surface area contributed by atoms with Crippen LogP contribution in [0.1, 0.15) is 10.4 Å². The average Bonchev–Trinajstić information content (AvgIpc) is 2.40. The van der Waals surface area contributed by atoms with E-state index < -0.39 is 23.7 Å². The van der Waals surface area contributed by atoms with Crippen LogP contribution in [-0.4, -0.2) is 42.5 Å². The van der Waals surface area contributed by atoms with Crippen LogP contribution in [0.4, 0.5) is 10.1 Å². The number of ether oxygens (including phenoxy) is 1. The molecule has 1 aromatic carbocycles. The van der Waals surface area contributed by atoms with E-state index in [0.29, 0.717) is 0 Å². The van der Waals surface area contributed by atoms with E-state index in [1.165, 1.54) is 17.0 Å². The Balaban J connectivity index is 2.31. The lowest BCUT2D eigenvalue weighted by Crippen LogP contribution is -2.54. The first-order valence-corrected chi connectivity index (χ1v) is 5.73. The number of nitrogen functional groups attached to an aromatic ring is 1. The van der Waals surface area contributed by atoms with Crippen molar-refractivity contribution in [1.82, 2.24) is 4.90 Å². The zero-order valence-corrected chi connectivity index (χ0v) is 10.1. The Labute approximate surface area is 109 Å². The van der Waals surface area contributed by atoms with Gasteiger partial charge in [-0.3, -0.25) is 9.59 Å². The van der Waals surface area contributed by atoms with Crippen LogP contribution in [0.15, 0.2) is 18.2 Å². The number of hydrogen-bond acceptors (Lipinski definition) is 4. The quantitative estimate of drug-likeness (QED) is 0.721. The summed E-state index contributed by atoms with van der Waals surface area (Å²) in [6.07, 6.45) is 0. The topological polar surface area (TPSA) is 98.7 Å². The molecule has 7 heteroatoms. The second-order valence-corrected chi connectivity index (χ2v) is 4.23. The minimum absolute atomic E-state index is 0.0189. The van der Waals surface area contributed by atoms with Crippen molar-refractivity contribution >= 4 is 17.5 Å². The summed E-state index contributed by atoms with van der Waals surface area (Å²) in [7, 11) is 0. The molecule has 19 heavy (non-hydrogen) atoms. The normalized spacial score (nSPS) is 19.2. The van der Waals surface area contributed by atoms with Gasteiger partial charge in [-0.25, -0.2) is 4.39 Å². The maximum atomic E-state index is 13.7. The molecule has 1 unspecified atom stereocenters. The van der Waals surface area contributed by atoms with Crippen LogP contribution in [0, 0.1) is 5.82 Å². The minimum atomic E-state index is -0.887. The summed E-state index contributed by atoms with van der Waals surface area (Å²) < 4.78 is 18.8. The number of carbonyl (C=O) groups excluding carboxylic acids is 2. The number of hydrogen-bond donors (Lipinski definition) is 2. The summed E-state index contributed by atoms with van der Waals surface area (Å²) >= 11 is 0. The van der Waals surface area contributed by atoms with Crippen molar-refractivity contribution in [3.8, 4) is 0 Å². The first kappa shape index (κ1) is 13.3. The third-order valence-electron chi connectivity index (χ3n) is 2.94. The van der Waals surface area contributed by atoms with Gasteiger partial charge in [0.2, 0.25) is 5.91 Å². The van der Waals surface area contributed by atoms with Crippen LogP contribution in [0.25, 0.3) is 0 Å². The van der Waals surface area contributed by atoms with Crippen molar-refractivity contribution in [3.05, 3.63) is 29.6 Å². The van der Waals surface area contributed by atoms with Crippen LogP contribution < -0.4 is 11.5 Å². The molecular formula is C12H14FN3O3. The van der Waals surface area contributed by atoms with Crippen molar-refractivity contribution in [2.75, 3.05) is 25.5 Å². The number of nitrogens with zero attached hydrogens (tertiary/aromatic N) is 1. The summed E-state index contributed by atoms with van der Waals surface area (Å²) in [5.41, 5.74) is 10.8. The number of anilines is 1. The molecule has 0 spiro atoms. The highest BCUT2D eigenvalue weighted by Crippen LogP contribution is 2.17. The number of halogens is 1. The summed E-state index contributed by atoms with van der Waals surface area (Å²) in [6, 6.07) is 2.83. The molecule has 4 N–H and O–H groups in total. The predicted octanol–water partition coefficient (Wildman–Crippen LogP) is -0.266. The molecule has 0 radical (unpaired) electrons. The number of nitrogens with two attached hydrogens (primary N) is 2. The van der Waals surface area contributed by atoms with Gasteiger partial charge in [0.25, 0.3) is 5.91 Å². The Morgan fingerprint density at radius 3 is 2.84 bits per heavy atom. The van der Waals surface area contributed by atoms with Gasteiger partial charge in [0.05, 0.1) is 18.8 Å². The Morgan fingerprint density at radius 1 is 1.42 bits per heavy atom. The summed E-state index contributed by atoms with van der Waals surface area (Å²) in [4.78, 5) is 24.7. The minimum Gasteiger partial charge on any atom is -0.399 e. The maximum Gasteiger partial charge on any atom is 0.257 e. The van der Waals surface area contributed by atoms with Gasteiger partial charge in [0.1, 0.15) is 11.9 Å². The number of rotatable bonds is 2. The van der Waals surface area contributed by atoms with Gasteiger partial charge in [-0.2, -0.15) is 0 Å². The lowest BCUT2D eigenvalue weighted by atomic mass is 10.1. The molecule has 6 nitrogen and oxygen atoms in total. The fourth-order valence-electron chi connectivity index (χ4n) is 1.94. The number of carbonyl (C=O) groups is 2. The Bertz CT molecular complexity index is 521. The molecule has 0 aromatic heterocycles. The van der Waals surface area contributed by atoms with Gasteiger partial charge < -0.3 is 21.1 Å². The zero-order chi connectivity index (χ0) is 14.0. The van der Waals surface area contributed by atoms with E-state index in [1.807, 2.05) is 0 Å². The molecule has 1 saturated heterocycles. The Kier molecular flexibility index (Phi) is 3.66. The highest BCUT2D eigenvalue weighted by atomic mass is 19.1. The molecule has 2 amide bonds. The van der Waals surface area contributed by atoms with Crippen LogP contribution in [0.5, 0.6) is 0 Å². The maximum absolute atomic E-state index is 13.7. The van der Waals surface area contributed by atoms with Gasteiger partial charge >= 0.3 is 0 Å². The van der Waals surface area contributed by atoms with Gasteiger partial charge in [0.15, 0.2) is 0 Å². The Morgan fingerprint density at radius 2 is 2.16 bits per heavy atom. The monoisotopic (exact) mass is 267 g/mol. The molecule has 0 saturated carbocycles. The standard InChI is InChI=1S/C12H14FN3O3/c13-9-2-1-7(14)5-8(9)12(18)16-3-4-19-6-10(16)11(15)17/h1-2,5,10H,3-4,6,14H2,(H2,15,17). The number of primary amides is 1. The van der Waals surface area contributed by atoms with Crippen LogP contribution >= 0.6 is 0 Å². The van der Waals surface area contributed by atoms with Crippen molar-refractivity contribution in [1.29, 1.82) is 0 Å². The molecule has 1 heterocycles. The lowest BCUT2D eigenvalue weighted by Gasteiger charge is -2.33. The molecule has 102 valence electrons. The van der Waals surface area contributed by atoms with E-state index in [4.69, 9.17) is 16.2 Å². The zero-order valence-electron chi connectivity index (χ0n) is 10.1. The SMILES string of the molecule is NC(=O)C1COCCN1C(=O)c1cc(N)ccc1F. The number of amides is 2. The number of benzene rings is 1. The van der Waals surface area contributed by atoms with E-state index in [2.05, 4.69) is 0 Å². The van der Waals surface area contributed by atoms with Crippen molar-refractivity contribution in [2.45, 2.75) is 6.04 Å². The number of morpholine rings is 1. The van der Waals surface area contributed by atoms with E-state index in [0.717, 1.165) is 6.07 Å². The van der Waals surface area contributed by atoms with Crippen molar-refractivity contribution < 1.29 is 18.7 Å². The molecular weight excluding hydrogens is 253 g/mol. The highest BCUT2D eigenvalue weighted by Gasteiger charge is 2.33. The van der Waals surface area contributed by atoms with Gasteiger partial charge in [-0.15, -0.1) is 0 Å². The molecule has 1 fully saturated rings. The second kappa shape index (κ2) is 5.23. The molecule has 1 aromatic rings. The van der Waals surface area contributed by atoms with Crippen molar-refractivity contribution in [3.63, 3.8) is 0 Å². The summed E-state index contributed by atoms with van der Waals surface area (Å²) in [5.74, 6) is -1.98. The van der Waals surface area contributed by atoms with Crippen LogP contribution in [0.2, 0.25) is 0 Å². The summed E-state index contributed by atoms with van der Waals surface area (Å²) in [5, 5.41) is 0. The molecule has 0 bridgehead atoms. The van der Waals surface area contributed by atoms with Crippen molar-refractivity contribution in [2.24, 2.45) is 5.73 Å². The van der Waals surface area contributed by atoms with Crippen LogP contribution in [-0.2, 0) is 9.53 Å². The van der Waals surface area contributed by atoms with Crippen LogP contribution in [0.3, 0.4) is 0 Å². The first-order valence-electron chi connectivity index (χ1n) is 5.73. The molecule has 2 rings (SSSR count). The van der Waals surface area contributed by atoms with Gasteiger partial charge in [-0.1, -0.05) is 0 Å². The van der Waals surface area contributed by atoms with E-state index in [1.54, 1.807) is 0 Å². The Hall–Kier alpha value is -2.15. The first-order chi connectivity index (χ1) is 9.00. The average molecular weight is 267 g/mol. The molecule has 1 aliphatic rings. The highest BCUT2D eigenvalue weighted by molar-refractivity contribution is 5.98. The third kappa shape index (κ3) is 2.65. The largest absolute Gasteiger partial charge is 0.399 e. The van der Waals surface area contributed by atoms with E-state index >= 15 is 0 Å². The molecule has 0 aliphatic carbocycles. The van der Waals surface area contributed by atoms with E-state index in [9.17, 15) is 14.0 Å². The van der Waals surface area contributed by atoms with E-state index in [-0.39, 0.29) is 31.0 Å². The van der Waals surface area contributed by atoms with Gasteiger partial charge in [0, 0.05) is 12.2 Å². The predicted molar refractivity (Wildman–Crippen MR) is 65.7 cm³/mol. The molecule has 1 atom stereocenters. The second-order valence-electron chi connectivity index (χ2n) is 4.23. The van der Waals surface area contributed by atoms with Gasteiger partial charge in [-0.05, 0) is 18.2 Å². The summed E-state index contributed by atoms with van der Waals surface area (Å²) in [6.45, 7) is 0.477. The smallest absolute Gasteiger partial charge is 0.257 e. The fourth-order valence-corrected chi connectivity index (χ4v) is 1.94. The molecule has 1 aliphatic heterocycles. The fraction of sp³-hybridized carbons (Fsp3) is 0.333.